The van der Waals surface area contributed by atoms with Crippen molar-refractivity contribution in [3.63, 3.8) is 0 Å². The Balaban J connectivity index is 1.36. The largest absolute Gasteiger partial charge is 0.497 e. The highest BCUT2D eigenvalue weighted by Crippen LogP contribution is 2.30. The average molecular weight is 470 g/mol. The van der Waals surface area contributed by atoms with Crippen molar-refractivity contribution in [1.82, 2.24) is 20.2 Å². The van der Waals surface area contributed by atoms with E-state index in [9.17, 15) is 14.4 Å². The number of hydrogen-bond donors (Lipinski definition) is 2. The number of hydrogen-bond acceptors (Lipinski definition) is 6. The minimum Gasteiger partial charge on any atom is -0.497 e. The van der Waals surface area contributed by atoms with Crippen LogP contribution in [0.3, 0.4) is 0 Å². The fourth-order valence-electron chi connectivity index (χ4n) is 4.37. The van der Waals surface area contributed by atoms with Crippen molar-refractivity contribution >= 4 is 35.6 Å². The molecule has 2 N–H and O–H groups in total. The first-order valence-electron chi connectivity index (χ1n) is 11.2. The lowest BCUT2D eigenvalue weighted by atomic mass is 10.1. The molecule has 35 heavy (non-hydrogen) atoms. The molecule has 0 spiro atoms. The Labute approximate surface area is 201 Å². The number of nitrogens with zero attached hydrogens (tertiary/aromatic N) is 3. The van der Waals surface area contributed by atoms with Crippen molar-refractivity contribution in [1.29, 1.82) is 0 Å². The molecule has 2 aromatic carbocycles. The summed E-state index contributed by atoms with van der Waals surface area (Å²) in [6.07, 6.45) is 8.57. The normalized spacial score (nSPS) is 19.1. The standard InChI is InChI=1S/C26H23N5O4/c1-35-18-7-4-16(5-8-18)2-3-17-6-9-20-19(14-17)26(34)31-13-10-21(23(31)25(33)29-20)30-24(32)22-15-27-11-12-28-22/h2-9,11-12,14-15,21,23H,10,13H2,1H3,(H,29,33)(H,30,32)/t21-,23-/m0/s1. The van der Waals surface area contributed by atoms with Gasteiger partial charge < -0.3 is 20.3 Å². The molecule has 0 bridgehead atoms. The second-order valence-electron chi connectivity index (χ2n) is 8.30. The van der Waals surface area contributed by atoms with Crippen LogP contribution in [0.1, 0.15) is 38.4 Å². The quantitative estimate of drug-likeness (QED) is 0.556. The summed E-state index contributed by atoms with van der Waals surface area (Å²) in [5.74, 6) is -0.238. The zero-order valence-electron chi connectivity index (χ0n) is 19.0. The van der Waals surface area contributed by atoms with E-state index in [1.807, 2.05) is 42.5 Å². The van der Waals surface area contributed by atoms with Crippen molar-refractivity contribution in [3.05, 3.63) is 83.4 Å². The van der Waals surface area contributed by atoms with Gasteiger partial charge in [-0.1, -0.05) is 30.4 Å². The number of nitrogens with one attached hydrogen (secondary N) is 2. The maximum Gasteiger partial charge on any atom is 0.271 e. The lowest BCUT2D eigenvalue weighted by molar-refractivity contribution is -0.120. The third kappa shape index (κ3) is 4.48. The van der Waals surface area contributed by atoms with Gasteiger partial charge in [0.05, 0.1) is 30.6 Å². The number of ether oxygens (including phenoxy) is 1. The van der Waals surface area contributed by atoms with Gasteiger partial charge in [-0.2, -0.15) is 0 Å². The number of aromatic nitrogens is 2. The van der Waals surface area contributed by atoms with E-state index in [-0.39, 0.29) is 17.5 Å². The maximum atomic E-state index is 13.4. The first kappa shape index (κ1) is 22.3. The molecule has 2 atom stereocenters. The molecule has 3 aromatic rings. The van der Waals surface area contributed by atoms with Crippen LogP contribution in [0.15, 0.2) is 61.1 Å². The summed E-state index contributed by atoms with van der Waals surface area (Å²) < 4.78 is 5.18. The minimum atomic E-state index is -0.811. The maximum absolute atomic E-state index is 13.4. The highest BCUT2D eigenvalue weighted by atomic mass is 16.5. The second kappa shape index (κ2) is 9.38. The smallest absolute Gasteiger partial charge is 0.271 e. The fraction of sp³-hybridized carbons (Fsp3) is 0.192. The van der Waals surface area contributed by atoms with Gasteiger partial charge in [-0.05, 0) is 41.8 Å². The van der Waals surface area contributed by atoms with Gasteiger partial charge in [-0.3, -0.25) is 19.4 Å². The molecule has 0 saturated carbocycles. The van der Waals surface area contributed by atoms with Crippen molar-refractivity contribution in [3.8, 4) is 5.75 Å². The topological polar surface area (TPSA) is 114 Å². The van der Waals surface area contributed by atoms with E-state index in [0.29, 0.717) is 24.2 Å². The third-order valence-corrected chi connectivity index (χ3v) is 6.16. The van der Waals surface area contributed by atoms with Crippen molar-refractivity contribution in [2.75, 3.05) is 19.0 Å². The first-order chi connectivity index (χ1) is 17.0. The van der Waals surface area contributed by atoms with Crippen molar-refractivity contribution in [2.45, 2.75) is 18.5 Å². The molecule has 5 rings (SSSR count). The van der Waals surface area contributed by atoms with E-state index < -0.39 is 18.0 Å². The Morgan fingerprint density at radius 2 is 1.89 bits per heavy atom. The molecular weight excluding hydrogens is 446 g/mol. The molecule has 1 aromatic heterocycles. The summed E-state index contributed by atoms with van der Waals surface area (Å²) in [6.45, 7) is 0.355. The van der Waals surface area contributed by atoms with Crippen molar-refractivity contribution < 1.29 is 19.1 Å². The lowest BCUT2D eigenvalue weighted by Gasteiger charge is -2.24. The predicted octanol–water partition coefficient (Wildman–Crippen LogP) is 2.62. The van der Waals surface area contributed by atoms with E-state index in [0.717, 1.165) is 16.9 Å². The SMILES string of the molecule is COc1ccc(C=Cc2ccc3c(c2)C(=O)N2CC[C@H](NC(=O)c4cnccn4)[C@H]2C(=O)N3)cc1. The molecule has 176 valence electrons. The van der Waals surface area contributed by atoms with E-state index in [2.05, 4.69) is 20.6 Å². The predicted molar refractivity (Wildman–Crippen MR) is 130 cm³/mol. The van der Waals surface area contributed by atoms with Gasteiger partial charge >= 0.3 is 0 Å². The van der Waals surface area contributed by atoms with E-state index in [1.165, 1.54) is 23.5 Å². The second-order valence-corrected chi connectivity index (χ2v) is 8.30. The summed E-state index contributed by atoms with van der Waals surface area (Å²) in [7, 11) is 1.62. The Bertz CT molecular complexity index is 1310. The molecule has 0 radical (unpaired) electrons. The number of fused-ring (bicyclic) bond motifs is 2. The lowest BCUT2D eigenvalue weighted by Crippen LogP contribution is -2.51. The van der Waals surface area contributed by atoms with Gasteiger partial charge in [0.1, 0.15) is 17.5 Å². The molecular formula is C26H23N5O4. The molecule has 9 nitrogen and oxygen atoms in total. The number of carbonyl (C=O) groups is 3. The van der Waals surface area contributed by atoms with Gasteiger partial charge in [-0.25, -0.2) is 4.98 Å². The summed E-state index contributed by atoms with van der Waals surface area (Å²) in [6, 6.07) is 11.6. The summed E-state index contributed by atoms with van der Waals surface area (Å²) in [5.41, 5.74) is 2.84. The summed E-state index contributed by atoms with van der Waals surface area (Å²) in [5, 5.41) is 5.70. The van der Waals surface area contributed by atoms with Crippen LogP contribution in [0, 0.1) is 0 Å². The zero-order valence-corrected chi connectivity index (χ0v) is 19.0. The number of amides is 3. The molecule has 3 heterocycles. The van der Waals surface area contributed by atoms with Crippen LogP contribution >= 0.6 is 0 Å². The number of anilines is 1. The highest BCUT2D eigenvalue weighted by molar-refractivity contribution is 6.11. The summed E-state index contributed by atoms with van der Waals surface area (Å²) >= 11 is 0. The number of rotatable bonds is 5. The van der Waals surface area contributed by atoms with Gasteiger partial charge in [0.2, 0.25) is 5.91 Å². The average Bonchev–Trinajstić information content (AvgIpc) is 3.27. The fourth-order valence-corrected chi connectivity index (χ4v) is 4.37. The van der Waals surface area contributed by atoms with Crippen LogP contribution in [0.25, 0.3) is 12.2 Å². The van der Waals surface area contributed by atoms with Gasteiger partial charge in [-0.15, -0.1) is 0 Å². The highest BCUT2D eigenvalue weighted by Gasteiger charge is 2.45. The Morgan fingerprint density at radius 1 is 1.11 bits per heavy atom. The monoisotopic (exact) mass is 469 g/mol. The van der Waals surface area contributed by atoms with Crippen LogP contribution in [-0.2, 0) is 4.79 Å². The third-order valence-electron chi connectivity index (χ3n) is 6.16. The van der Waals surface area contributed by atoms with Crippen LogP contribution in [0.4, 0.5) is 5.69 Å². The Kier molecular flexibility index (Phi) is 5.97. The van der Waals surface area contributed by atoms with E-state index in [4.69, 9.17) is 4.74 Å². The Hall–Kier alpha value is -4.53. The molecule has 0 unspecified atom stereocenters. The summed E-state index contributed by atoms with van der Waals surface area (Å²) in [4.78, 5) is 48.5. The zero-order chi connectivity index (χ0) is 24.4. The number of methoxy groups -OCH3 is 1. The van der Waals surface area contributed by atoms with Gasteiger partial charge in [0, 0.05) is 18.9 Å². The van der Waals surface area contributed by atoms with E-state index >= 15 is 0 Å². The molecule has 2 aliphatic heterocycles. The number of benzene rings is 2. The Morgan fingerprint density at radius 3 is 2.63 bits per heavy atom. The number of carbonyl (C=O) groups excluding carboxylic acids is 3. The van der Waals surface area contributed by atoms with Gasteiger partial charge in [0.25, 0.3) is 11.8 Å². The van der Waals surface area contributed by atoms with Crippen LogP contribution in [0.5, 0.6) is 5.75 Å². The van der Waals surface area contributed by atoms with Crippen LogP contribution in [0.2, 0.25) is 0 Å². The van der Waals surface area contributed by atoms with E-state index in [1.54, 1.807) is 19.2 Å². The first-order valence-corrected chi connectivity index (χ1v) is 11.2. The van der Waals surface area contributed by atoms with Crippen LogP contribution in [-0.4, -0.2) is 58.3 Å². The minimum absolute atomic E-state index is 0.155. The molecule has 3 amide bonds. The molecule has 1 fully saturated rings. The van der Waals surface area contributed by atoms with Crippen LogP contribution < -0.4 is 15.4 Å². The van der Waals surface area contributed by atoms with Gasteiger partial charge in [0.15, 0.2) is 0 Å². The molecule has 9 heteroatoms. The molecule has 0 aliphatic carbocycles. The van der Waals surface area contributed by atoms with Crippen molar-refractivity contribution in [2.24, 2.45) is 0 Å². The molecule has 2 aliphatic rings. The molecule has 1 saturated heterocycles.